The maximum absolute atomic E-state index is 13.4. The lowest BCUT2D eigenvalue weighted by Crippen LogP contribution is -2.12. The highest BCUT2D eigenvalue weighted by Gasteiger charge is 2.29. The highest BCUT2D eigenvalue weighted by atomic mass is 16.5. The van der Waals surface area contributed by atoms with Gasteiger partial charge in [-0.25, -0.2) is 0 Å². The van der Waals surface area contributed by atoms with Crippen LogP contribution in [0.3, 0.4) is 0 Å². The summed E-state index contributed by atoms with van der Waals surface area (Å²) >= 11 is 0. The van der Waals surface area contributed by atoms with Gasteiger partial charge < -0.3 is 4.74 Å². The predicted molar refractivity (Wildman–Crippen MR) is 111 cm³/mol. The van der Waals surface area contributed by atoms with Crippen LogP contribution in [0.1, 0.15) is 32.7 Å². The fourth-order valence-corrected chi connectivity index (χ4v) is 4.05. The van der Waals surface area contributed by atoms with Crippen molar-refractivity contribution < 1.29 is 9.53 Å². The first-order valence-corrected chi connectivity index (χ1v) is 9.36. The van der Waals surface area contributed by atoms with E-state index in [-0.39, 0.29) is 5.78 Å². The fraction of sp³-hybridized carbons (Fsp3) is 0.120. The average molecular weight is 365 g/mol. The summed E-state index contributed by atoms with van der Waals surface area (Å²) in [5.74, 6) is 1.32. The van der Waals surface area contributed by atoms with Crippen LogP contribution in [-0.4, -0.2) is 10.8 Å². The van der Waals surface area contributed by atoms with E-state index in [0.29, 0.717) is 16.9 Å². The molecule has 0 saturated heterocycles. The molecule has 3 nitrogen and oxygen atoms in total. The quantitative estimate of drug-likeness (QED) is 0.376. The van der Waals surface area contributed by atoms with Gasteiger partial charge in [-0.15, -0.1) is 0 Å². The van der Waals surface area contributed by atoms with E-state index in [1.54, 1.807) is 0 Å². The van der Waals surface area contributed by atoms with Gasteiger partial charge in [-0.3, -0.25) is 9.78 Å². The molecule has 3 heteroatoms. The average Bonchev–Trinajstić information content (AvgIpc) is 2.68. The van der Waals surface area contributed by atoms with Gasteiger partial charge in [0, 0.05) is 16.6 Å². The molecule has 0 unspecified atom stereocenters. The molecule has 1 aliphatic rings. The number of ether oxygens (including phenoxy) is 1. The largest absolute Gasteiger partial charge is 0.456 e. The minimum Gasteiger partial charge on any atom is -0.456 e. The van der Waals surface area contributed by atoms with Crippen LogP contribution >= 0.6 is 0 Å². The van der Waals surface area contributed by atoms with Crippen LogP contribution in [0.4, 0.5) is 0 Å². The van der Waals surface area contributed by atoms with Crippen molar-refractivity contribution in [3.8, 4) is 22.6 Å². The van der Waals surface area contributed by atoms with Gasteiger partial charge in [-0.2, -0.15) is 0 Å². The van der Waals surface area contributed by atoms with E-state index in [1.165, 1.54) is 5.56 Å². The Hall–Kier alpha value is -3.46. The second-order valence-electron chi connectivity index (χ2n) is 7.39. The van der Waals surface area contributed by atoms with Gasteiger partial charge in [0.1, 0.15) is 11.5 Å². The lowest BCUT2D eigenvalue weighted by Gasteiger charge is -2.22. The minimum atomic E-state index is -0.0147. The maximum atomic E-state index is 13.4. The van der Waals surface area contributed by atoms with E-state index in [1.807, 2.05) is 62.4 Å². The van der Waals surface area contributed by atoms with E-state index >= 15 is 0 Å². The monoisotopic (exact) mass is 365 g/mol. The molecule has 1 aromatic heterocycles. The third-order valence-corrected chi connectivity index (χ3v) is 5.30. The minimum absolute atomic E-state index is 0.0147. The molecular formula is C25H19NO2. The van der Waals surface area contributed by atoms with Gasteiger partial charge in [0.05, 0.1) is 11.1 Å². The molecule has 28 heavy (non-hydrogen) atoms. The van der Waals surface area contributed by atoms with Crippen molar-refractivity contribution in [3.63, 3.8) is 0 Å². The summed E-state index contributed by atoms with van der Waals surface area (Å²) in [6.07, 6.45) is 0. The van der Waals surface area contributed by atoms with E-state index in [0.717, 1.165) is 39.0 Å². The first-order chi connectivity index (χ1) is 13.5. The molecule has 5 rings (SSSR count). The number of rotatable bonds is 2. The summed E-state index contributed by atoms with van der Waals surface area (Å²) in [5, 5.41) is 0.872. The Balaban J connectivity index is 1.80. The van der Waals surface area contributed by atoms with Crippen LogP contribution in [0.2, 0.25) is 0 Å². The smallest absolute Gasteiger partial charge is 0.198 e. The van der Waals surface area contributed by atoms with Crippen molar-refractivity contribution in [3.05, 3.63) is 88.6 Å². The zero-order valence-electron chi connectivity index (χ0n) is 16.0. The Kier molecular flexibility index (Phi) is 3.59. The summed E-state index contributed by atoms with van der Waals surface area (Å²) < 4.78 is 6.25. The number of aryl methyl sites for hydroxylation is 3. The lowest BCUT2D eigenvalue weighted by atomic mass is 9.83. The van der Waals surface area contributed by atoms with Gasteiger partial charge >= 0.3 is 0 Å². The molecular weight excluding hydrogens is 346 g/mol. The summed E-state index contributed by atoms with van der Waals surface area (Å²) in [7, 11) is 0. The Morgan fingerprint density at radius 2 is 1.54 bits per heavy atom. The summed E-state index contributed by atoms with van der Waals surface area (Å²) in [6.45, 7) is 6.05. The molecule has 136 valence electrons. The Bertz CT molecular complexity index is 1290. The molecule has 0 spiro atoms. The highest BCUT2D eigenvalue weighted by molar-refractivity contribution is 6.26. The summed E-state index contributed by atoms with van der Waals surface area (Å²) in [5.41, 5.74) is 7.27. The Labute approximate surface area is 163 Å². The zero-order valence-corrected chi connectivity index (χ0v) is 16.0. The molecule has 4 aromatic rings. The number of benzene rings is 3. The highest BCUT2D eigenvalue weighted by Crippen LogP contribution is 2.43. The first-order valence-electron chi connectivity index (χ1n) is 9.36. The third kappa shape index (κ3) is 2.43. The second kappa shape index (κ2) is 6.03. The normalized spacial score (nSPS) is 12.2. The predicted octanol–water partition coefficient (Wildman–Crippen LogP) is 6.16. The molecule has 1 aliphatic carbocycles. The molecule has 0 radical (unpaired) electrons. The van der Waals surface area contributed by atoms with Crippen molar-refractivity contribution in [1.82, 2.24) is 4.98 Å². The Morgan fingerprint density at radius 1 is 0.786 bits per heavy atom. The molecule has 0 atom stereocenters. The van der Waals surface area contributed by atoms with Gasteiger partial charge in [0.15, 0.2) is 5.78 Å². The fourth-order valence-electron chi connectivity index (χ4n) is 4.05. The van der Waals surface area contributed by atoms with Crippen molar-refractivity contribution in [1.29, 1.82) is 0 Å². The van der Waals surface area contributed by atoms with E-state index in [9.17, 15) is 4.79 Å². The van der Waals surface area contributed by atoms with Crippen molar-refractivity contribution in [2.45, 2.75) is 20.8 Å². The number of hydrogen-bond acceptors (Lipinski definition) is 3. The van der Waals surface area contributed by atoms with Gasteiger partial charge in [-0.1, -0.05) is 42.0 Å². The zero-order chi connectivity index (χ0) is 19.4. The van der Waals surface area contributed by atoms with Gasteiger partial charge in [0.25, 0.3) is 0 Å². The number of pyridine rings is 1. The number of aromatic nitrogens is 1. The van der Waals surface area contributed by atoms with E-state index in [4.69, 9.17) is 4.74 Å². The summed E-state index contributed by atoms with van der Waals surface area (Å²) in [4.78, 5) is 18.1. The number of carbonyl (C=O) groups is 1. The molecule has 0 amide bonds. The second-order valence-corrected chi connectivity index (χ2v) is 7.39. The van der Waals surface area contributed by atoms with Crippen molar-refractivity contribution in [2.24, 2.45) is 0 Å². The third-order valence-electron chi connectivity index (χ3n) is 5.30. The standard InChI is InChI=1S/C25H19NO2/c1-14-8-10-21(15(2)12-14)28-22-11-9-20-23-19(13-16(3)26-20)17-6-4-5-7-18(17)25(27)24(22)23/h4-13H,1-3H3. The first kappa shape index (κ1) is 16.7. The molecule has 0 aliphatic heterocycles. The lowest BCUT2D eigenvalue weighted by molar-refractivity contribution is 0.103. The molecule has 0 fully saturated rings. The van der Waals surface area contributed by atoms with Gasteiger partial charge in [0.2, 0.25) is 0 Å². The molecule has 0 saturated carbocycles. The molecule has 3 aromatic carbocycles. The number of carbonyl (C=O) groups excluding carboxylic acids is 1. The van der Waals surface area contributed by atoms with Crippen molar-refractivity contribution in [2.75, 3.05) is 0 Å². The van der Waals surface area contributed by atoms with Crippen LogP contribution in [0, 0.1) is 20.8 Å². The van der Waals surface area contributed by atoms with E-state index in [2.05, 4.69) is 24.0 Å². The molecule has 1 heterocycles. The topological polar surface area (TPSA) is 39.2 Å². The number of ketones is 1. The maximum Gasteiger partial charge on any atom is 0.198 e. The van der Waals surface area contributed by atoms with Crippen molar-refractivity contribution >= 4 is 16.7 Å². The summed E-state index contributed by atoms with van der Waals surface area (Å²) in [6, 6.07) is 19.7. The molecule has 0 bridgehead atoms. The number of nitrogens with zero attached hydrogens (tertiary/aromatic N) is 1. The van der Waals surface area contributed by atoms with Crippen LogP contribution in [0.25, 0.3) is 22.0 Å². The van der Waals surface area contributed by atoms with E-state index < -0.39 is 0 Å². The van der Waals surface area contributed by atoms with Crippen LogP contribution in [-0.2, 0) is 0 Å². The van der Waals surface area contributed by atoms with Crippen LogP contribution in [0.15, 0.2) is 60.7 Å². The number of hydrogen-bond donors (Lipinski definition) is 0. The van der Waals surface area contributed by atoms with Crippen LogP contribution in [0.5, 0.6) is 11.5 Å². The SMILES string of the molecule is Cc1ccc(Oc2ccc3nc(C)cc4c3c2C(=O)c2ccccc2-4)c(C)c1. The molecule has 0 N–H and O–H groups in total. The van der Waals surface area contributed by atoms with Crippen LogP contribution < -0.4 is 4.74 Å². The number of fused-ring (bicyclic) bond motifs is 2. The Morgan fingerprint density at radius 3 is 2.32 bits per heavy atom. The van der Waals surface area contributed by atoms with Gasteiger partial charge in [-0.05, 0) is 61.7 Å².